The number of hydrogen-bond acceptors (Lipinski definition) is 9. The Bertz CT molecular complexity index is 2270. The van der Waals surface area contributed by atoms with E-state index in [4.69, 9.17) is 20.9 Å². The average Bonchev–Trinajstić information content (AvgIpc) is 4.11. The molecule has 3 aromatic rings. The molecule has 6 atom stereocenters. The summed E-state index contributed by atoms with van der Waals surface area (Å²) in [5.74, 6) is -1.89. The highest BCUT2D eigenvalue weighted by Crippen LogP contribution is 2.52. The number of halogens is 4. The van der Waals surface area contributed by atoms with Gasteiger partial charge in [0.05, 0.1) is 19.3 Å². The molecule has 1 aromatic heterocycles. The largest absolute Gasteiger partial charge is 0.508 e. The van der Waals surface area contributed by atoms with Crippen LogP contribution in [0.2, 0.25) is 0 Å². The number of carbonyl (C=O) groups is 1. The van der Waals surface area contributed by atoms with Crippen LogP contribution in [0.3, 0.4) is 0 Å². The summed E-state index contributed by atoms with van der Waals surface area (Å²) in [5, 5.41) is 14.6. The van der Waals surface area contributed by atoms with Gasteiger partial charge in [0.25, 0.3) is 5.92 Å². The smallest absolute Gasteiger partial charge is 0.319 e. The van der Waals surface area contributed by atoms with E-state index < -0.39 is 41.9 Å². The second-order valence-corrected chi connectivity index (χ2v) is 16.5. The molecular weight excluding hydrogens is 704 g/mol. The average molecular weight is 745 g/mol. The van der Waals surface area contributed by atoms with Crippen LogP contribution in [-0.2, 0) is 9.53 Å². The van der Waals surface area contributed by atoms with Crippen molar-refractivity contribution in [2.75, 3.05) is 51.3 Å². The number of rotatable bonds is 9. The van der Waals surface area contributed by atoms with Gasteiger partial charge in [-0.05, 0) is 73.1 Å². The van der Waals surface area contributed by atoms with Crippen molar-refractivity contribution >= 4 is 34.2 Å². The fourth-order valence-electron chi connectivity index (χ4n) is 9.65. The first kappa shape index (κ1) is 33.8. The highest BCUT2D eigenvalue weighted by atomic mass is 19.3. The lowest BCUT2D eigenvalue weighted by molar-refractivity contribution is -0.138. The van der Waals surface area contributed by atoms with E-state index in [0.29, 0.717) is 30.7 Å². The molecule has 5 unspecified atom stereocenters. The number of piperazine rings is 1. The van der Waals surface area contributed by atoms with E-state index >= 15 is 8.78 Å². The van der Waals surface area contributed by atoms with E-state index in [1.165, 1.54) is 37.8 Å². The number of piperidine rings is 1. The van der Waals surface area contributed by atoms with Gasteiger partial charge in [-0.3, -0.25) is 4.79 Å². The SMILES string of the molecule is C#Cc1c(F)ccc2cc(O)cc(C3NC(OC)=c4c(N5CC6CCC(C5)N6C(=O)[C@H]5CC5(F)F)nc(OCC5(CN6CC7CC7C6)CC5)nc4=C3F)c12. The number of aromatic nitrogens is 2. The Labute approximate surface area is 308 Å². The summed E-state index contributed by atoms with van der Waals surface area (Å²) >= 11 is 0. The molecule has 10 rings (SSSR count). The lowest BCUT2D eigenvalue weighted by atomic mass is 9.92. The predicted octanol–water partition coefficient (Wildman–Crippen LogP) is 3.54. The highest BCUT2D eigenvalue weighted by Gasteiger charge is 2.64. The number of phenolic OH excluding ortho intramolecular Hbond substituents is 1. The lowest BCUT2D eigenvalue weighted by Crippen LogP contribution is -2.58. The van der Waals surface area contributed by atoms with E-state index in [-0.39, 0.29) is 75.3 Å². The molecule has 7 aliphatic rings. The van der Waals surface area contributed by atoms with Crippen molar-refractivity contribution in [1.82, 2.24) is 25.1 Å². The summed E-state index contributed by atoms with van der Waals surface area (Å²) in [4.78, 5) is 28.9. The number of aromatic hydroxyl groups is 1. The second kappa shape index (κ2) is 11.9. The zero-order chi connectivity index (χ0) is 37.3. The van der Waals surface area contributed by atoms with Crippen molar-refractivity contribution < 1.29 is 36.9 Å². The van der Waals surface area contributed by atoms with Crippen LogP contribution in [0.15, 0.2) is 24.3 Å². The molecule has 0 spiro atoms. The number of anilines is 1. The number of carbonyl (C=O) groups excluding carboxylic acids is 1. The van der Waals surface area contributed by atoms with E-state index in [1.54, 1.807) is 4.90 Å². The molecule has 282 valence electrons. The molecule has 3 aliphatic carbocycles. The number of alkyl halides is 2. The minimum atomic E-state index is -2.97. The Hall–Kier alpha value is -4.77. The lowest BCUT2D eigenvalue weighted by Gasteiger charge is -2.42. The number of nitrogens with one attached hydrogen (secondary N) is 1. The predicted molar refractivity (Wildman–Crippen MR) is 190 cm³/mol. The summed E-state index contributed by atoms with van der Waals surface area (Å²) in [7, 11) is 1.42. The fourth-order valence-corrected chi connectivity index (χ4v) is 9.65. The van der Waals surface area contributed by atoms with Gasteiger partial charge >= 0.3 is 6.01 Å². The van der Waals surface area contributed by atoms with Crippen LogP contribution in [0.4, 0.5) is 23.4 Å². The monoisotopic (exact) mass is 744 g/mol. The number of amides is 1. The van der Waals surface area contributed by atoms with Gasteiger partial charge in [-0.1, -0.05) is 12.0 Å². The first-order valence-electron chi connectivity index (χ1n) is 18.8. The third-order valence-corrected chi connectivity index (χ3v) is 12.8. The third kappa shape index (κ3) is 5.44. The van der Waals surface area contributed by atoms with Gasteiger partial charge in [0, 0.05) is 62.0 Å². The van der Waals surface area contributed by atoms with Crippen molar-refractivity contribution in [3.63, 3.8) is 0 Å². The first-order valence-corrected chi connectivity index (χ1v) is 18.8. The Morgan fingerprint density at radius 2 is 1.81 bits per heavy atom. The van der Waals surface area contributed by atoms with Gasteiger partial charge in [-0.25, -0.2) is 17.6 Å². The maximum Gasteiger partial charge on any atom is 0.319 e. The molecule has 6 fully saturated rings. The van der Waals surface area contributed by atoms with Crippen LogP contribution in [0, 0.1) is 41.3 Å². The standard InChI is InChI=1S/C40H40F4N6O4/c1-3-26-29(41)7-4-20-11-25(51)12-27(30(20)26)33-32(42)34-31(36(45-33)53-2)35(49-16-23-5-6-24(17-49)50(23)37(52)28-13-40(28,43)44)47-38(46-34)54-19-39(8-9-39)18-48-14-21-10-22(21)15-48/h1,4,7,11-12,21-24,28,33,45,51H,5-6,8-10,13-19H2,2H3/t21?,22?,23?,24?,28-,33?/m1/s1. The summed E-state index contributed by atoms with van der Waals surface area (Å²) in [6, 6.07) is 3.47. The first-order chi connectivity index (χ1) is 26.0. The number of hydrogen-bond donors (Lipinski definition) is 2. The third-order valence-electron chi connectivity index (χ3n) is 12.8. The van der Waals surface area contributed by atoms with Crippen molar-refractivity contribution in [2.45, 2.75) is 62.6 Å². The molecule has 1 amide bonds. The van der Waals surface area contributed by atoms with Crippen molar-refractivity contribution in [1.29, 1.82) is 0 Å². The molecule has 4 aliphatic heterocycles. The van der Waals surface area contributed by atoms with Gasteiger partial charge in [0.2, 0.25) is 11.8 Å². The van der Waals surface area contributed by atoms with Crippen molar-refractivity contribution in [2.24, 2.45) is 23.2 Å². The van der Waals surface area contributed by atoms with E-state index in [0.717, 1.165) is 44.3 Å². The zero-order valence-electron chi connectivity index (χ0n) is 29.8. The Kier molecular flexibility index (Phi) is 7.42. The molecular formula is C40H40F4N6O4. The summed E-state index contributed by atoms with van der Waals surface area (Å²) < 4.78 is 72.6. The molecule has 5 heterocycles. The van der Waals surface area contributed by atoms with Crippen LogP contribution < -0.4 is 25.5 Å². The maximum atomic E-state index is 17.3. The van der Waals surface area contributed by atoms with Crippen LogP contribution in [0.5, 0.6) is 11.8 Å². The normalized spacial score (nSPS) is 29.7. The number of likely N-dealkylation sites (tertiary alicyclic amines) is 1. The second-order valence-electron chi connectivity index (χ2n) is 16.5. The minimum Gasteiger partial charge on any atom is -0.508 e. The van der Waals surface area contributed by atoms with Crippen LogP contribution >= 0.6 is 0 Å². The fraction of sp³-hybridized carbons (Fsp3) is 0.525. The number of ether oxygens (including phenoxy) is 2. The number of benzene rings is 2. The van der Waals surface area contributed by atoms with Gasteiger partial charge < -0.3 is 34.6 Å². The molecule has 14 heteroatoms. The number of fused-ring (bicyclic) bond motifs is 5. The molecule has 2 aromatic carbocycles. The molecule has 10 nitrogen and oxygen atoms in total. The highest BCUT2D eigenvalue weighted by molar-refractivity contribution is 5.94. The molecule has 3 saturated carbocycles. The molecule has 54 heavy (non-hydrogen) atoms. The number of terminal acetylenes is 1. The summed E-state index contributed by atoms with van der Waals surface area (Å²) in [5.41, 5.74) is 0.0602. The Morgan fingerprint density at radius 3 is 2.46 bits per heavy atom. The summed E-state index contributed by atoms with van der Waals surface area (Å²) in [6.07, 6.45) is 9.93. The van der Waals surface area contributed by atoms with Crippen molar-refractivity contribution in [3.8, 4) is 24.1 Å². The van der Waals surface area contributed by atoms with Crippen LogP contribution in [0.25, 0.3) is 22.5 Å². The molecule has 2 bridgehead atoms. The van der Waals surface area contributed by atoms with Gasteiger partial charge in [-0.2, -0.15) is 9.97 Å². The topological polar surface area (TPSA) is 103 Å². The number of methoxy groups -OCH3 is 1. The Morgan fingerprint density at radius 1 is 1.09 bits per heavy atom. The van der Waals surface area contributed by atoms with Gasteiger partial charge in [-0.15, -0.1) is 6.42 Å². The molecule has 2 N–H and O–H groups in total. The zero-order valence-corrected chi connectivity index (χ0v) is 29.8. The van der Waals surface area contributed by atoms with Gasteiger partial charge in [0.1, 0.15) is 39.9 Å². The Balaban J connectivity index is 1.06. The quantitative estimate of drug-likeness (QED) is 0.252. The maximum absolute atomic E-state index is 17.3. The van der Waals surface area contributed by atoms with Crippen LogP contribution in [-0.4, -0.2) is 95.2 Å². The van der Waals surface area contributed by atoms with Crippen molar-refractivity contribution in [3.05, 3.63) is 51.8 Å². The van der Waals surface area contributed by atoms with E-state index in [9.17, 15) is 18.7 Å². The van der Waals surface area contributed by atoms with Crippen LogP contribution in [0.1, 0.15) is 55.7 Å². The number of nitrogens with zero attached hydrogens (tertiary/aromatic N) is 5. The van der Waals surface area contributed by atoms with E-state index in [2.05, 4.69) is 21.1 Å². The number of phenols is 1. The van der Waals surface area contributed by atoms with Gasteiger partial charge in [0.15, 0.2) is 5.83 Å². The van der Waals surface area contributed by atoms with E-state index in [1.807, 2.05) is 4.90 Å². The molecule has 3 saturated heterocycles. The summed E-state index contributed by atoms with van der Waals surface area (Å²) in [6.45, 7) is 4.07. The minimum absolute atomic E-state index is 0.0230. The molecule has 0 radical (unpaired) electrons.